The molecule has 0 aliphatic heterocycles. The van der Waals surface area contributed by atoms with Crippen molar-refractivity contribution in [2.45, 2.75) is 6.61 Å². The van der Waals surface area contributed by atoms with Gasteiger partial charge in [0.15, 0.2) is 5.82 Å². The number of aromatic nitrogens is 2. The number of hydrogen-bond acceptors (Lipinski definition) is 4. The Morgan fingerprint density at radius 2 is 1.75 bits per heavy atom. The van der Waals surface area contributed by atoms with Crippen LogP contribution in [0.15, 0.2) is 24.3 Å². The van der Waals surface area contributed by atoms with Crippen LogP contribution in [0.3, 0.4) is 0 Å². The van der Waals surface area contributed by atoms with E-state index in [-0.39, 0.29) is 24.8 Å². The van der Waals surface area contributed by atoms with Gasteiger partial charge in [-0.05, 0) is 0 Å². The highest BCUT2D eigenvalue weighted by molar-refractivity contribution is 5.91. The zero-order chi connectivity index (χ0) is 9.97. The van der Waals surface area contributed by atoms with E-state index in [1.807, 2.05) is 24.3 Å². The highest BCUT2D eigenvalue weighted by Crippen LogP contribution is 2.20. The standard InChI is InChI=1S/C10H11N3O.2ClH/c1-14-6-9-7-4-2-3-5-8(7)10(11)13-12-9;;/h2-5H,6H2,1H3,(H2,11,13);2*1H. The number of halogens is 2. The second kappa shape index (κ2) is 6.48. The molecule has 0 saturated heterocycles. The lowest BCUT2D eigenvalue weighted by Crippen LogP contribution is -2.00. The summed E-state index contributed by atoms with van der Waals surface area (Å²) in [6.45, 7) is 0.452. The van der Waals surface area contributed by atoms with Crippen LogP contribution in [0.2, 0.25) is 0 Å². The number of hydrogen-bond donors (Lipinski definition) is 1. The number of nitrogen functional groups attached to an aromatic ring is 1. The van der Waals surface area contributed by atoms with Gasteiger partial charge >= 0.3 is 0 Å². The number of ether oxygens (including phenoxy) is 1. The number of nitrogens with zero attached hydrogens (tertiary/aromatic N) is 2. The molecule has 0 aliphatic rings. The fourth-order valence-electron chi connectivity index (χ4n) is 1.42. The average molecular weight is 262 g/mol. The van der Waals surface area contributed by atoms with Crippen LogP contribution in [0.25, 0.3) is 10.8 Å². The number of fused-ring (bicyclic) bond motifs is 1. The summed E-state index contributed by atoms with van der Waals surface area (Å²) in [5.41, 5.74) is 6.52. The summed E-state index contributed by atoms with van der Waals surface area (Å²) < 4.78 is 5.03. The van der Waals surface area contributed by atoms with Crippen molar-refractivity contribution in [3.05, 3.63) is 30.0 Å². The van der Waals surface area contributed by atoms with Gasteiger partial charge in [0.2, 0.25) is 0 Å². The lowest BCUT2D eigenvalue weighted by molar-refractivity contribution is 0.182. The minimum absolute atomic E-state index is 0. The highest BCUT2D eigenvalue weighted by atomic mass is 35.5. The van der Waals surface area contributed by atoms with E-state index in [1.54, 1.807) is 7.11 Å². The quantitative estimate of drug-likeness (QED) is 0.901. The van der Waals surface area contributed by atoms with Gasteiger partial charge in [-0.15, -0.1) is 29.9 Å². The molecular formula is C10H13Cl2N3O. The molecule has 0 aliphatic carbocycles. The minimum Gasteiger partial charge on any atom is -0.382 e. The average Bonchev–Trinajstić information content (AvgIpc) is 2.23. The first-order chi connectivity index (χ1) is 6.83. The molecule has 16 heavy (non-hydrogen) atoms. The fraction of sp³-hybridized carbons (Fsp3) is 0.200. The molecule has 6 heteroatoms. The van der Waals surface area contributed by atoms with Crippen LogP contribution >= 0.6 is 24.8 Å². The Morgan fingerprint density at radius 3 is 2.38 bits per heavy atom. The van der Waals surface area contributed by atoms with Crippen molar-refractivity contribution in [2.75, 3.05) is 12.8 Å². The number of nitrogens with two attached hydrogens (primary N) is 1. The molecule has 2 rings (SSSR count). The maximum Gasteiger partial charge on any atom is 0.154 e. The van der Waals surface area contributed by atoms with Crippen molar-refractivity contribution < 1.29 is 4.74 Å². The summed E-state index contributed by atoms with van der Waals surface area (Å²) in [4.78, 5) is 0. The minimum atomic E-state index is 0. The van der Waals surface area contributed by atoms with Crippen molar-refractivity contribution in [3.8, 4) is 0 Å². The Balaban J connectivity index is 0.00000112. The number of anilines is 1. The molecule has 0 spiro atoms. The summed E-state index contributed by atoms with van der Waals surface area (Å²) >= 11 is 0. The van der Waals surface area contributed by atoms with Gasteiger partial charge in [0.05, 0.1) is 12.3 Å². The summed E-state index contributed by atoms with van der Waals surface area (Å²) in [7, 11) is 1.63. The van der Waals surface area contributed by atoms with Crippen molar-refractivity contribution in [1.82, 2.24) is 10.2 Å². The highest BCUT2D eigenvalue weighted by Gasteiger charge is 2.05. The molecular weight excluding hydrogens is 249 g/mol. The monoisotopic (exact) mass is 261 g/mol. The Morgan fingerprint density at radius 1 is 1.12 bits per heavy atom. The molecule has 0 unspecified atom stereocenters. The lowest BCUT2D eigenvalue weighted by atomic mass is 10.1. The molecule has 4 nitrogen and oxygen atoms in total. The molecule has 2 N–H and O–H groups in total. The topological polar surface area (TPSA) is 61.0 Å². The third-order valence-electron chi connectivity index (χ3n) is 2.07. The maximum absolute atomic E-state index is 5.71. The molecule has 88 valence electrons. The molecule has 1 aromatic carbocycles. The Bertz CT molecular complexity index is 465. The molecule has 0 radical (unpaired) electrons. The fourth-order valence-corrected chi connectivity index (χ4v) is 1.42. The zero-order valence-corrected chi connectivity index (χ0v) is 10.3. The first-order valence-electron chi connectivity index (χ1n) is 4.31. The normalized spacial score (nSPS) is 9.31. The molecule has 1 heterocycles. The molecule has 0 bridgehead atoms. The van der Waals surface area contributed by atoms with E-state index in [1.165, 1.54) is 0 Å². The van der Waals surface area contributed by atoms with E-state index < -0.39 is 0 Å². The third-order valence-corrected chi connectivity index (χ3v) is 2.07. The van der Waals surface area contributed by atoms with E-state index in [0.717, 1.165) is 16.5 Å². The second-order valence-electron chi connectivity index (χ2n) is 3.01. The van der Waals surface area contributed by atoms with Gasteiger partial charge in [-0.3, -0.25) is 0 Å². The van der Waals surface area contributed by atoms with Gasteiger partial charge in [0, 0.05) is 17.9 Å². The lowest BCUT2D eigenvalue weighted by Gasteiger charge is -2.04. The number of benzene rings is 1. The van der Waals surface area contributed by atoms with Crippen molar-refractivity contribution in [2.24, 2.45) is 0 Å². The SMILES string of the molecule is COCc1nnc(N)c2ccccc12.Cl.Cl. The van der Waals surface area contributed by atoms with Crippen LogP contribution in [-0.2, 0) is 11.3 Å². The smallest absolute Gasteiger partial charge is 0.154 e. The Hall–Kier alpha value is -1.10. The van der Waals surface area contributed by atoms with Gasteiger partial charge in [0.1, 0.15) is 0 Å². The van der Waals surface area contributed by atoms with Gasteiger partial charge in [-0.1, -0.05) is 24.3 Å². The Labute approximate surface area is 106 Å². The van der Waals surface area contributed by atoms with Gasteiger partial charge in [-0.25, -0.2) is 0 Å². The first kappa shape index (κ1) is 14.9. The second-order valence-corrected chi connectivity index (χ2v) is 3.01. The molecule has 0 amide bonds. The van der Waals surface area contributed by atoms with E-state index in [2.05, 4.69) is 10.2 Å². The molecule has 0 fully saturated rings. The van der Waals surface area contributed by atoms with E-state index >= 15 is 0 Å². The van der Waals surface area contributed by atoms with E-state index in [4.69, 9.17) is 10.5 Å². The molecule has 0 atom stereocenters. The Kier molecular flexibility index (Phi) is 6.03. The molecule has 1 aromatic heterocycles. The van der Waals surface area contributed by atoms with Crippen LogP contribution in [0.4, 0.5) is 5.82 Å². The van der Waals surface area contributed by atoms with Crippen molar-refractivity contribution >= 4 is 41.4 Å². The zero-order valence-electron chi connectivity index (χ0n) is 8.71. The van der Waals surface area contributed by atoms with Crippen LogP contribution in [0.1, 0.15) is 5.69 Å². The summed E-state index contributed by atoms with van der Waals surface area (Å²) in [6.07, 6.45) is 0. The van der Waals surface area contributed by atoms with Crippen LogP contribution in [0.5, 0.6) is 0 Å². The van der Waals surface area contributed by atoms with Crippen LogP contribution < -0.4 is 5.73 Å². The van der Waals surface area contributed by atoms with E-state index in [9.17, 15) is 0 Å². The predicted molar refractivity (Wildman–Crippen MR) is 69.2 cm³/mol. The van der Waals surface area contributed by atoms with Gasteiger partial charge in [-0.2, -0.15) is 5.10 Å². The van der Waals surface area contributed by atoms with Crippen LogP contribution in [0, 0.1) is 0 Å². The largest absolute Gasteiger partial charge is 0.382 e. The summed E-state index contributed by atoms with van der Waals surface area (Å²) in [6, 6.07) is 7.77. The molecule has 0 saturated carbocycles. The van der Waals surface area contributed by atoms with E-state index in [0.29, 0.717) is 12.4 Å². The molecule has 2 aromatic rings. The first-order valence-corrected chi connectivity index (χ1v) is 4.31. The summed E-state index contributed by atoms with van der Waals surface area (Å²) in [5.74, 6) is 0.459. The third kappa shape index (κ3) is 2.72. The number of methoxy groups -OCH3 is 1. The van der Waals surface area contributed by atoms with Gasteiger partial charge < -0.3 is 10.5 Å². The summed E-state index contributed by atoms with van der Waals surface area (Å²) in [5, 5.41) is 9.80. The van der Waals surface area contributed by atoms with Crippen molar-refractivity contribution in [1.29, 1.82) is 0 Å². The number of rotatable bonds is 2. The van der Waals surface area contributed by atoms with Crippen LogP contribution in [-0.4, -0.2) is 17.3 Å². The predicted octanol–water partition coefficient (Wildman–Crippen LogP) is 2.20. The van der Waals surface area contributed by atoms with Crippen molar-refractivity contribution in [3.63, 3.8) is 0 Å². The van der Waals surface area contributed by atoms with Gasteiger partial charge in [0.25, 0.3) is 0 Å². The maximum atomic E-state index is 5.71.